The lowest BCUT2D eigenvalue weighted by Gasteiger charge is -2.34. The van der Waals surface area contributed by atoms with Crippen LogP contribution in [0.2, 0.25) is 10.0 Å². The molecule has 1 aliphatic heterocycles. The second-order valence-electron chi connectivity index (χ2n) is 5.83. The number of nitrogens with zero attached hydrogens (tertiary/aromatic N) is 2. The van der Waals surface area contributed by atoms with Gasteiger partial charge in [-0.15, -0.1) is 0 Å². The third-order valence-corrected chi connectivity index (χ3v) is 4.81. The van der Waals surface area contributed by atoms with Crippen LogP contribution in [0.5, 0.6) is 0 Å². The van der Waals surface area contributed by atoms with Crippen molar-refractivity contribution in [3.05, 3.63) is 46.5 Å². The molecule has 0 aromatic heterocycles. The van der Waals surface area contributed by atoms with Crippen molar-refractivity contribution in [2.24, 2.45) is 0 Å². The zero-order valence-electron chi connectivity index (χ0n) is 14.6. The minimum atomic E-state index is -0.273. The summed E-state index contributed by atoms with van der Waals surface area (Å²) in [5.74, 6) is 5.95. The third kappa shape index (κ3) is 5.42. The fourth-order valence-electron chi connectivity index (χ4n) is 2.48. The van der Waals surface area contributed by atoms with Crippen LogP contribution in [-0.2, 0) is 4.79 Å². The molecule has 7 heteroatoms. The summed E-state index contributed by atoms with van der Waals surface area (Å²) < 4.78 is 0. The van der Waals surface area contributed by atoms with Gasteiger partial charge < -0.3 is 15.1 Å². The van der Waals surface area contributed by atoms with Crippen LogP contribution in [0.25, 0.3) is 0 Å². The predicted molar refractivity (Wildman–Crippen MR) is 104 cm³/mol. The molecule has 1 saturated heterocycles. The number of urea groups is 1. The molecule has 2 rings (SSSR count). The summed E-state index contributed by atoms with van der Waals surface area (Å²) in [5, 5.41) is 3.85. The quantitative estimate of drug-likeness (QED) is 0.633. The maximum Gasteiger partial charge on any atom is 0.318 e. The second kappa shape index (κ2) is 9.51. The maximum absolute atomic E-state index is 12.4. The van der Waals surface area contributed by atoms with Crippen molar-refractivity contribution in [2.75, 3.05) is 26.2 Å². The van der Waals surface area contributed by atoms with Crippen molar-refractivity contribution < 1.29 is 9.59 Å². The Morgan fingerprint density at radius 2 is 1.88 bits per heavy atom. The number of halogens is 2. The average molecular weight is 394 g/mol. The molecule has 138 valence electrons. The lowest BCUT2D eigenvalue weighted by Crippen LogP contribution is -2.54. The molecule has 1 aliphatic rings. The maximum atomic E-state index is 12.4. The van der Waals surface area contributed by atoms with Crippen LogP contribution in [0.3, 0.4) is 0 Å². The number of hydrogen-bond acceptors (Lipinski definition) is 2. The Morgan fingerprint density at radius 3 is 2.46 bits per heavy atom. The Hall–Kier alpha value is -2.16. The minimum Gasteiger partial charge on any atom is -0.336 e. The van der Waals surface area contributed by atoms with Crippen molar-refractivity contribution >= 4 is 35.1 Å². The lowest BCUT2D eigenvalue weighted by atomic mass is 10.2. The van der Waals surface area contributed by atoms with Crippen LogP contribution in [-0.4, -0.2) is 54.0 Å². The Kier molecular flexibility index (Phi) is 7.38. The van der Waals surface area contributed by atoms with E-state index in [4.69, 9.17) is 23.2 Å². The average Bonchev–Trinajstić information content (AvgIpc) is 2.67. The molecule has 0 saturated carbocycles. The number of carbonyl (C=O) groups is 2. The fourth-order valence-corrected chi connectivity index (χ4v) is 2.78. The van der Waals surface area contributed by atoms with E-state index in [0.29, 0.717) is 42.6 Å². The van der Waals surface area contributed by atoms with Crippen LogP contribution in [0.15, 0.2) is 30.9 Å². The van der Waals surface area contributed by atoms with E-state index in [0.717, 1.165) is 5.56 Å². The molecule has 1 atom stereocenters. The van der Waals surface area contributed by atoms with E-state index < -0.39 is 0 Å². The number of carbonyl (C=O) groups excluding carboxylic acids is 2. The lowest BCUT2D eigenvalue weighted by molar-refractivity contribution is -0.127. The monoisotopic (exact) mass is 393 g/mol. The second-order valence-corrected chi connectivity index (χ2v) is 6.64. The van der Waals surface area contributed by atoms with Gasteiger partial charge in [0.25, 0.3) is 0 Å². The van der Waals surface area contributed by atoms with Crippen molar-refractivity contribution in [3.8, 4) is 11.8 Å². The summed E-state index contributed by atoms with van der Waals surface area (Å²) in [4.78, 5) is 27.4. The van der Waals surface area contributed by atoms with E-state index in [2.05, 4.69) is 23.7 Å². The first kappa shape index (κ1) is 20.2. The zero-order chi connectivity index (χ0) is 19.1. The topological polar surface area (TPSA) is 52.7 Å². The number of hydrogen-bond donors (Lipinski definition) is 1. The first-order valence-electron chi connectivity index (χ1n) is 8.38. The van der Waals surface area contributed by atoms with E-state index >= 15 is 0 Å². The molecular formula is C19H21Cl2N3O2. The largest absolute Gasteiger partial charge is 0.336 e. The first-order chi connectivity index (χ1) is 12.4. The van der Waals surface area contributed by atoms with Gasteiger partial charge in [0.15, 0.2) is 0 Å². The van der Waals surface area contributed by atoms with Gasteiger partial charge in [-0.05, 0) is 30.7 Å². The summed E-state index contributed by atoms with van der Waals surface area (Å²) in [6.07, 6.45) is 1.97. The normalized spacial score (nSPS) is 14.9. The predicted octanol–water partition coefficient (Wildman–Crippen LogP) is 3.16. The molecule has 0 aliphatic carbocycles. The summed E-state index contributed by atoms with van der Waals surface area (Å²) in [6.45, 7) is 7.42. The first-order valence-corrected chi connectivity index (χ1v) is 9.13. The summed E-state index contributed by atoms with van der Waals surface area (Å²) in [6, 6.07) is 4.72. The Balaban J connectivity index is 1.93. The van der Waals surface area contributed by atoms with Gasteiger partial charge in [0, 0.05) is 31.7 Å². The van der Waals surface area contributed by atoms with E-state index in [9.17, 15) is 9.59 Å². The number of nitrogens with one attached hydrogen (secondary N) is 1. The molecule has 0 radical (unpaired) electrons. The van der Waals surface area contributed by atoms with Gasteiger partial charge in [-0.3, -0.25) is 4.79 Å². The molecule has 26 heavy (non-hydrogen) atoms. The highest BCUT2D eigenvalue weighted by Gasteiger charge is 2.23. The minimum absolute atomic E-state index is 0.107. The van der Waals surface area contributed by atoms with Crippen LogP contribution >= 0.6 is 23.2 Å². The Bertz CT molecular complexity index is 747. The van der Waals surface area contributed by atoms with Gasteiger partial charge in [0.05, 0.1) is 16.1 Å². The molecule has 0 bridgehead atoms. The Morgan fingerprint density at radius 1 is 1.23 bits per heavy atom. The zero-order valence-corrected chi connectivity index (χ0v) is 16.1. The molecule has 1 heterocycles. The van der Waals surface area contributed by atoms with Gasteiger partial charge in [0.2, 0.25) is 5.91 Å². The van der Waals surface area contributed by atoms with Crippen LogP contribution in [0, 0.1) is 11.8 Å². The fraction of sp³-hybridized carbons (Fsp3) is 0.368. The number of benzene rings is 1. The van der Waals surface area contributed by atoms with Crippen molar-refractivity contribution in [2.45, 2.75) is 19.4 Å². The molecule has 1 aromatic carbocycles. The van der Waals surface area contributed by atoms with Crippen molar-refractivity contribution in [1.29, 1.82) is 0 Å². The highest BCUT2D eigenvalue weighted by Crippen LogP contribution is 2.22. The van der Waals surface area contributed by atoms with Gasteiger partial charge in [-0.1, -0.05) is 48.5 Å². The summed E-state index contributed by atoms with van der Waals surface area (Å²) in [7, 11) is 0. The van der Waals surface area contributed by atoms with Gasteiger partial charge in [-0.25, -0.2) is 4.79 Å². The smallest absolute Gasteiger partial charge is 0.318 e. The summed E-state index contributed by atoms with van der Waals surface area (Å²) in [5.41, 5.74) is 0.739. The van der Waals surface area contributed by atoms with Crippen LogP contribution in [0.1, 0.15) is 18.9 Å². The summed E-state index contributed by atoms with van der Waals surface area (Å²) >= 11 is 11.9. The SMILES string of the molecule is C=CC(=O)N1CCN(C(=O)NC(C#Cc2ccc(Cl)c(Cl)c2)CC)CC1. The molecule has 3 amide bonds. The molecule has 1 fully saturated rings. The number of piperazine rings is 1. The molecule has 5 nitrogen and oxygen atoms in total. The van der Waals surface area contributed by atoms with Crippen LogP contribution in [0.4, 0.5) is 4.79 Å². The third-order valence-electron chi connectivity index (χ3n) is 4.07. The van der Waals surface area contributed by atoms with E-state index in [1.165, 1.54) is 6.08 Å². The molecular weight excluding hydrogens is 373 g/mol. The highest BCUT2D eigenvalue weighted by atomic mass is 35.5. The molecule has 0 spiro atoms. The van der Waals surface area contributed by atoms with E-state index in [1.54, 1.807) is 28.0 Å². The highest BCUT2D eigenvalue weighted by molar-refractivity contribution is 6.42. The van der Waals surface area contributed by atoms with Gasteiger partial charge >= 0.3 is 6.03 Å². The number of rotatable bonds is 3. The van der Waals surface area contributed by atoms with Crippen molar-refractivity contribution in [1.82, 2.24) is 15.1 Å². The van der Waals surface area contributed by atoms with Crippen molar-refractivity contribution in [3.63, 3.8) is 0 Å². The van der Waals surface area contributed by atoms with E-state index in [1.807, 2.05) is 6.92 Å². The van der Waals surface area contributed by atoms with Crippen LogP contribution < -0.4 is 5.32 Å². The Labute approximate surface area is 163 Å². The molecule has 1 aromatic rings. The molecule has 1 unspecified atom stereocenters. The standard InChI is InChI=1S/C19H21Cl2N3O2/c1-3-15(7-5-14-6-8-16(20)17(21)13-14)22-19(26)24-11-9-23(10-12-24)18(25)4-2/h4,6,8,13,15H,2-3,9-12H2,1H3,(H,22,26). The number of amides is 3. The van der Waals surface area contributed by atoms with E-state index in [-0.39, 0.29) is 18.0 Å². The van der Waals surface area contributed by atoms with Gasteiger partial charge in [0.1, 0.15) is 0 Å². The molecule has 1 N–H and O–H groups in total. The van der Waals surface area contributed by atoms with Gasteiger partial charge in [-0.2, -0.15) is 0 Å².